The zero-order valence-corrected chi connectivity index (χ0v) is 17.3. The highest BCUT2D eigenvalue weighted by Crippen LogP contribution is 2.36. The van der Waals surface area contributed by atoms with E-state index in [4.69, 9.17) is 19.4 Å². The van der Waals surface area contributed by atoms with Gasteiger partial charge in [0.05, 0.1) is 5.52 Å². The molecule has 156 valence electrons. The van der Waals surface area contributed by atoms with Crippen LogP contribution in [0.3, 0.4) is 0 Å². The minimum absolute atomic E-state index is 0.198. The quantitative estimate of drug-likeness (QED) is 0.700. The molecule has 5 rings (SSSR count). The third-order valence-corrected chi connectivity index (χ3v) is 5.82. The van der Waals surface area contributed by atoms with Gasteiger partial charge >= 0.3 is 0 Å². The molecule has 2 aliphatic rings. The number of ether oxygens (including phenoxy) is 2. The fourth-order valence-electron chi connectivity index (χ4n) is 4.05. The maximum absolute atomic E-state index is 5.92. The number of anilines is 1. The molecule has 2 aliphatic heterocycles. The van der Waals surface area contributed by atoms with Gasteiger partial charge in [0, 0.05) is 50.2 Å². The van der Waals surface area contributed by atoms with Gasteiger partial charge in [0.2, 0.25) is 0 Å². The minimum Gasteiger partial charge on any atom is -0.467 e. The molecular formula is C23H27N5O2. The van der Waals surface area contributed by atoms with E-state index in [0.29, 0.717) is 5.82 Å². The topological polar surface area (TPSA) is 62.8 Å². The van der Waals surface area contributed by atoms with Gasteiger partial charge in [-0.2, -0.15) is 0 Å². The molecule has 7 heteroatoms. The van der Waals surface area contributed by atoms with Gasteiger partial charge in [-0.05, 0) is 25.2 Å². The van der Waals surface area contributed by atoms with Crippen LogP contribution in [-0.2, 0) is 4.74 Å². The van der Waals surface area contributed by atoms with Crippen molar-refractivity contribution < 1.29 is 9.47 Å². The van der Waals surface area contributed by atoms with Crippen molar-refractivity contribution >= 4 is 16.7 Å². The summed E-state index contributed by atoms with van der Waals surface area (Å²) in [7, 11) is 2.18. The summed E-state index contributed by atoms with van der Waals surface area (Å²) >= 11 is 0. The second-order valence-electron chi connectivity index (χ2n) is 7.87. The molecule has 2 aromatic carbocycles. The lowest BCUT2D eigenvalue weighted by molar-refractivity contribution is -0.0450. The fourth-order valence-corrected chi connectivity index (χ4v) is 4.05. The Labute approximate surface area is 176 Å². The number of para-hydroxylation sites is 2. The van der Waals surface area contributed by atoms with E-state index in [-0.39, 0.29) is 12.9 Å². The maximum atomic E-state index is 5.92. The summed E-state index contributed by atoms with van der Waals surface area (Å²) in [6, 6.07) is 16.0. The number of nitrogens with one attached hydrogen (secondary N) is 1. The number of hydrogen-bond acceptors (Lipinski definition) is 7. The first-order valence-electron chi connectivity index (χ1n) is 10.5. The van der Waals surface area contributed by atoms with E-state index in [9.17, 15) is 0 Å². The zero-order chi connectivity index (χ0) is 20.3. The van der Waals surface area contributed by atoms with E-state index >= 15 is 0 Å². The molecule has 3 aromatic rings. The Hall–Kier alpha value is -2.74. The lowest BCUT2D eigenvalue weighted by atomic mass is 10.1. The molecule has 1 N–H and O–H groups in total. The highest BCUT2D eigenvalue weighted by atomic mass is 16.7. The molecule has 0 amide bonds. The Morgan fingerprint density at radius 2 is 1.80 bits per heavy atom. The van der Waals surface area contributed by atoms with Crippen LogP contribution in [-0.4, -0.2) is 72.9 Å². The first-order chi connectivity index (χ1) is 14.8. The molecule has 0 radical (unpaired) electrons. The molecule has 1 fully saturated rings. The average Bonchev–Trinajstić information content (AvgIpc) is 2.80. The zero-order valence-electron chi connectivity index (χ0n) is 17.3. The summed E-state index contributed by atoms with van der Waals surface area (Å²) in [5.41, 5.74) is 1.87. The Bertz CT molecular complexity index is 1020. The number of fused-ring (bicyclic) bond motifs is 2. The summed E-state index contributed by atoms with van der Waals surface area (Å²) in [6.45, 7) is 6.51. The van der Waals surface area contributed by atoms with Crippen LogP contribution in [0.15, 0.2) is 48.5 Å². The van der Waals surface area contributed by atoms with Crippen molar-refractivity contribution in [1.29, 1.82) is 0 Å². The average molecular weight is 406 g/mol. The molecular weight excluding hydrogens is 378 g/mol. The van der Waals surface area contributed by atoms with Gasteiger partial charge in [0.15, 0.2) is 12.6 Å². The van der Waals surface area contributed by atoms with E-state index < -0.39 is 0 Å². The predicted octanol–water partition coefficient (Wildman–Crippen LogP) is 2.75. The molecule has 1 aromatic heterocycles. The smallest absolute Gasteiger partial charge is 0.190 e. The van der Waals surface area contributed by atoms with Crippen molar-refractivity contribution in [1.82, 2.24) is 19.8 Å². The molecule has 30 heavy (non-hydrogen) atoms. The first kappa shape index (κ1) is 19.2. The summed E-state index contributed by atoms with van der Waals surface area (Å²) in [5, 5.41) is 4.58. The van der Waals surface area contributed by atoms with Crippen LogP contribution >= 0.6 is 0 Å². The van der Waals surface area contributed by atoms with Gasteiger partial charge in [-0.25, -0.2) is 9.97 Å². The van der Waals surface area contributed by atoms with Gasteiger partial charge in [-0.15, -0.1) is 0 Å². The van der Waals surface area contributed by atoms with Gasteiger partial charge in [0.25, 0.3) is 0 Å². The van der Waals surface area contributed by atoms with Crippen LogP contribution in [0.4, 0.5) is 5.82 Å². The number of likely N-dealkylation sites (N-methyl/N-ethyl adjacent to an activating group) is 1. The van der Waals surface area contributed by atoms with E-state index in [1.807, 2.05) is 42.5 Å². The molecule has 0 bridgehead atoms. The predicted molar refractivity (Wildman–Crippen MR) is 117 cm³/mol. The van der Waals surface area contributed by atoms with E-state index in [2.05, 4.69) is 28.2 Å². The maximum Gasteiger partial charge on any atom is 0.190 e. The summed E-state index contributed by atoms with van der Waals surface area (Å²) < 4.78 is 11.5. The van der Waals surface area contributed by atoms with E-state index in [1.165, 1.54) is 0 Å². The van der Waals surface area contributed by atoms with E-state index in [1.54, 1.807) is 0 Å². The minimum atomic E-state index is -0.335. The molecule has 1 unspecified atom stereocenters. The van der Waals surface area contributed by atoms with Crippen molar-refractivity contribution in [2.45, 2.75) is 6.10 Å². The van der Waals surface area contributed by atoms with Crippen LogP contribution in [0.2, 0.25) is 0 Å². The monoisotopic (exact) mass is 405 g/mol. The Morgan fingerprint density at radius 1 is 1.00 bits per heavy atom. The number of rotatable bonds is 5. The summed E-state index contributed by atoms with van der Waals surface area (Å²) in [4.78, 5) is 14.6. The summed E-state index contributed by atoms with van der Waals surface area (Å²) in [5.74, 6) is 2.35. The van der Waals surface area contributed by atoms with Crippen LogP contribution < -0.4 is 10.1 Å². The Kier molecular flexibility index (Phi) is 5.48. The molecule has 0 saturated carbocycles. The van der Waals surface area contributed by atoms with Crippen LogP contribution in [0.1, 0.15) is 17.5 Å². The summed E-state index contributed by atoms with van der Waals surface area (Å²) in [6.07, 6.45) is -0.335. The van der Waals surface area contributed by atoms with Crippen molar-refractivity contribution in [3.63, 3.8) is 0 Å². The number of piperazine rings is 1. The fraction of sp³-hybridized carbons (Fsp3) is 0.391. The van der Waals surface area contributed by atoms with Crippen LogP contribution in [0.25, 0.3) is 10.9 Å². The standard InChI is InChI=1S/C23H27N5O2/c1-27-12-14-28(15-13-27)11-10-24-22-17-6-2-4-8-19(17)25-23(26-22)21-18-7-3-5-9-20(18)29-16-30-21/h2-9,21H,10-16H2,1H3,(H,24,25,26). The largest absolute Gasteiger partial charge is 0.467 e. The molecule has 0 aliphatic carbocycles. The third kappa shape index (κ3) is 3.96. The highest BCUT2D eigenvalue weighted by molar-refractivity contribution is 5.89. The number of hydrogen-bond donors (Lipinski definition) is 1. The van der Waals surface area contributed by atoms with Crippen molar-refractivity contribution in [2.24, 2.45) is 0 Å². The second kappa shape index (κ2) is 8.55. The number of aromatic nitrogens is 2. The van der Waals surface area contributed by atoms with Crippen molar-refractivity contribution in [3.8, 4) is 5.75 Å². The number of nitrogens with zero attached hydrogens (tertiary/aromatic N) is 4. The lowest BCUT2D eigenvalue weighted by Crippen LogP contribution is -2.45. The third-order valence-electron chi connectivity index (χ3n) is 5.82. The van der Waals surface area contributed by atoms with Gasteiger partial charge in [-0.1, -0.05) is 30.3 Å². The second-order valence-corrected chi connectivity index (χ2v) is 7.87. The van der Waals surface area contributed by atoms with Crippen LogP contribution in [0, 0.1) is 0 Å². The Balaban J connectivity index is 1.40. The molecule has 1 saturated heterocycles. The normalized spacial score (nSPS) is 20.0. The van der Waals surface area contributed by atoms with E-state index in [0.717, 1.165) is 67.3 Å². The molecule has 1 atom stereocenters. The van der Waals surface area contributed by atoms with Crippen LogP contribution in [0.5, 0.6) is 5.75 Å². The van der Waals surface area contributed by atoms with Gasteiger partial charge < -0.3 is 19.7 Å². The number of benzene rings is 2. The van der Waals surface area contributed by atoms with Gasteiger partial charge in [0.1, 0.15) is 17.7 Å². The molecule has 0 spiro atoms. The first-order valence-corrected chi connectivity index (χ1v) is 10.5. The Morgan fingerprint density at radius 3 is 2.70 bits per heavy atom. The van der Waals surface area contributed by atoms with Gasteiger partial charge in [-0.3, -0.25) is 4.90 Å². The van der Waals surface area contributed by atoms with Crippen molar-refractivity contribution in [2.75, 3.05) is 58.4 Å². The molecule has 7 nitrogen and oxygen atoms in total. The lowest BCUT2D eigenvalue weighted by Gasteiger charge is -2.32. The molecule has 3 heterocycles. The highest BCUT2D eigenvalue weighted by Gasteiger charge is 2.27. The SMILES string of the molecule is CN1CCN(CCNc2nc(C3OCOc4ccccc43)nc3ccccc23)CC1. The van der Waals surface area contributed by atoms with Crippen molar-refractivity contribution in [3.05, 3.63) is 59.9 Å².